The van der Waals surface area contributed by atoms with Crippen molar-refractivity contribution in [3.8, 4) is 17.2 Å². The van der Waals surface area contributed by atoms with E-state index < -0.39 is 0 Å². The number of aromatic nitrogens is 4. The minimum Gasteiger partial charge on any atom is -0.399 e. The van der Waals surface area contributed by atoms with E-state index in [1.165, 1.54) is 0 Å². The van der Waals surface area contributed by atoms with E-state index in [0.29, 0.717) is 5.82 Å². The van der Waals surface area contributed by atoms with Crippen molar-refractivity contribution < 1.29 is 0 Å². The summed E-state index contributed by atoms with van der Waals surface area (Å²) in [5.74, 6) is 1.41. The summed E-state index contributed by atoms with van der Waals surface area (Å²) in [4.78, 5) is 8.56. The Hall–Kier alpha value is -2.69. The van der Waals surface area contributed by atoms with Crippen LogP contribution in [0.25, 0.3) is 17.2 Å². The zero-order chi connectivity index (χ0) is 13.2. The molecule has 0 radical (unpaired) electrons. The van der Waals surface area contributed by atoms with Crippen molar-refractivity contribution in [1.82, 2.24) is 19.7 Å². The third-order valence-electron chi connectivity index (χ3n) is 2.80. The first-order chi connectivity index (χ1) is 9.22. The van der Waals surface area contributed by atoms with Crippen molar-refractivity contribution in [2.24, 2.45) is 0 Å². The molecule has 0 aliphatic rings. The quantitative estimate of drug-likeness (QED) is 0.709. The van der Waals surface area contributed by atoms with E-state index in [-0.39, 0.29) is 0 Å². The molecule has 0 unspecified atom stereocenters. The molecule has 3 rings (SSSR count). The van der Waals surface area contributed by atoms with Crippen LogP contribution in [0.2, 0.25) is 0 Å². The lowest BCUT2D eigenvalue weighted by Crippen LogP contribution is -1.98. The number of hydrogen-bond acceptors (Lipinski definition) is 4. The van der Waals surface area contributed by atoms with Crippen molar-refractivity contribution in [2.75, 3.05) is 5.73 Å². The maximum Gasteiger partial charge on any atom is 0.181 e. The number of nitrogen functional groups attached to an aromatic ring is 1. The second-order valence-corrected chi connectivity index (χ2v) is 4.33. The first-order valence-electron chi connectivity index (χ1n) is 5.93. The first kappa shape index (κ1) is 11.4. The van der Waals surface area contributed by atoms with E-state index in [1.54, 1.807) is 17.2 Å². The van der Waals surface area contributed by atoms with E-state index >= 15 is 0 Å². The van der Waals surface area contributed by atoms with Crippen molar-refractivity contribution >= 4 is 5.69 Å². The zero-order valence-electron chi connectivity index (χ0n) is 10.5. The molecule has 0 saturated heterocycles. The molecule has 0 saturated carbocycles. The van der Waals surface area contributed by atoms with Gasteiger partial charge in [-0.3, -0.25) is 0 Å². The van der Waals surface area contributed by atoms with Crippen molar-refractivity contribution in [3.63, 3.8) is 0 Å². The predicted octanol–water partition coefficient (Wildman–Crippen LogP) is 2.22. The van der Waals surface area contributed by atoms with Gasteiger partial charge in [0.05, 0.1) is 0 Å². The molecule has 0 aliphatic heterocycles. The SMILES string of the molecule is Cc1ccnc(-n2cnc(-c3ccc(N)cc3)n2)c1. The molecule has 0 bridgehead atoms. The van der Waals surface area contributed by atoms with Crippen LogP contribution in [0.15, 0.2) is 48.9 Å². The van der Waals surface area contributed by atoms with Crippen LogP contribution in [0.5, 0.6) is 0 Å². The molecule has 94 valence electrons. The van der Waals surface area contributed by atoms with Crippen molar-refractivity contribution in [1.29, 1.82) is 0 Å². The lowest BCUT2D eigenvalue weighted by Gasteiger charge is -2.00. The molecule has 19 heavy (non-hydrogen) atoms. The van der Waals surface area contributed by atoms with Gasteiger partial charge in [-0.25, -0.2) is 14.6 Å². The lowest BCUT2D eigenvalue weighted by atomic mass is 10.2. The molecule has 0 amide bonds. The summed E-state index contributed by atoms with van der Waals surface area (Å²) in [5, 5.41) is 4.42. The summed E-state index contributed by atoms with van der Waals surface area (Å²) < 4.78 is 1.67. The Kier molecular flexibility index (Phi) is 2.72. The van der Waals surface area contributed by atoms with Gasteiger partial charge in [0, 0.05) is 17.4 Å². The monoisotopic (exact) mass is 251 g/mol. The standard InChI is InChI=1S/C14H13N5/c1-10-6-7-16-13(8-10)19-9-17-14(18-19)11-2-4-12(15)5-3-11/h2-9H,15H2,1H3. The molecular formula is C14H13N5. The molecule has 0 fully saturated rings. The fraction of sp³-hybridized carbons (Fsp3) is 0.0714. The smallest absolute Gasteiger partial charge is 0.181 e. The van der Waals surface area contributed by atoms with Gasteiger partial charge >= 0.3 is 0 Å². The van der Waals surface area contributed by atoms with Crippen LogP contribution < -0.4 is 5.73 Å². The van der Waals surface area contributed by atoms with Crippen LogP contribution in [0.1, 0.15) is 5.56 Å². The van der Waals surface area contributed by atoms with Crippen LogP contribution in [0.3, 0.4) is 0 Å². The van der Waals surface area contributed by atoms with Gasteiger partial charge in [-0.2, -0.15) is 0 Å². The highest BCUT2D eigenvalue weighted by molar-refractivity contribution is 5.58. The maximum absolute atomic E-state index is 5.66. The largest absolute Gasteiger partial charge is 0.399 e. The van der Waals surface area contributed by atoms with Crippen molar-refractivity contribution in [2.45, 2.75) is 6.92 Å². The van der Waals surface area contributed by atoms with Crippen LogP contribution in [0, 0.1) is 6.92 Å². The van der Waals surface area contributed by atoms with E-state index in [9.17, 15) is 0 Å². The molecule has 0 atom stereocenters. The van der Waals surface area contributed by atoms with Crippen LogP contribution in [0.4, 0.5) is 5.69 Å². The van der Waals surface area contributed by atoms with Gasteiger partial charge in [0.15, 0.2) is 11.6 Å². The third kappa shape index (κ3) is 2.30. The van der Waals surface area contributed by atoms with Gasteiger partial charge < -0.3 is 5.73 Å². The van der Waals surface area contributed by atoms with E-state index in [1.807, 2.05) is 43.3 Å². The fourth-order valence-corrected chi connectivity index (χ4v) is 1.78. The molecule has 1 aromatic carbocycles. The van der Waals surface area contributed by atoms with Gasteiger partial charge in [0.1, 0.15) is 6.33 Å². The third-order valence-corrected chi connectivity index (χ3v) is 2.80. The molecular weight excluding hydrogens is 238 g/mol. The Morgan fingerprint density at radius 3 is 2.58 bits per heavy atom. The normalized spacial score (nSPS) is 10.6. The molecule has 3 aromatic rings. The molecule has 0 spiro atoms. The summed E-state index contributed by atoms with van der Waals surface area (Å²) >= 11 is 0. The number of pyridine rings is 1. The summed E-state index contributed by atoms with van der Waals surface area (Å²) in [6.45, 7) is 2.02. The minimum atomic E-state index is 0.656. The predicted molar refractivity (Wildman–Crippen MR) is 73.7 cm³/mol. The number of rotatable bonds is 2. The molecule has 0 aliphatic carbocycles. The van der Waals surface area contributed by atoms with Crippen LogP contribution in [-0.2, 0) is 0 Å². The average molecular weight is 251 g/mol. The van der Waals surface area contributed by atoms with Gasteiger partial charge in [0.25, 0.3) is 0 Å². The maximum atomic E-state index is 5.66. The highest BCUT2D eigenvalue weighted by Crippen LogP contribution is 2.17. The van der Waals surface area contributed by atoms with E-state index in [2.05, 4.69) is 15.1 Å². The number of anilines is 1. The molecule has 5 nitrogen and oxygen atoms in total. The summed E-state index contributed by atoms with van der Waals surface area (Å²) in [7, 11) is 0. The highest BCUT2D eigenvalue weighted by atomic mass is 15.4. The zero-order valence-corrected chi connectivity index (χ0v) is 10.5. The first-order valence-corrected chi connectivity index (χ1v) is 5.93. The van der Waals surface area contributed by atoms with E-state index in [0.717, 1.165) is 22.6 Å². The van der Waals surface area contributed by atoms with Crippen LogP contribution >= 0.6 is 0 Å². The Morgan fingerprint density at radius 1 is 1.05 bits per heavy atom. The fourth-order valence-electron chi connectivity index (χ4n) is 1.78. The highest BCUT2D eigenvalue weighted by Gasteiger charge is 2.06. The number of aryl methyl sites for hydroxylation is 1. The molecule has 5 heteroatoms. The van der Waals surface area contributed by atoms with Crippen LogP contribution in [-0.4, -0.2) is 19.7 Å². The number of hydrogen-bond donors (Lipinski definition) is 1. The molecule has 2 aromatic heterocycles. The number of nitrogens with zero attached hydrogens (tertiary/aromatic N) is 4. The Bertz CT molecular complexity index is 700. The Morgan fingerprint density at radius 2 is 1.84 bits per heavy atom. The number of benzene rings is 1. The van der Waals surface area contributed by atoms with Crippen molar-refractivity contribution in [3.05, 3.63) is 54.5 Å². The van der Waals surface area contributed by atoms with Gasteiger partial charge in [-0.05, 0) is 48.9 Å². The average Bonchev–Trinajstić information content (AvgIpc) is 2.89. The molecule has 2 N–H and O–H groups in total. The van der Waals surface area contributed by atoms with Gasteiger partial charge in [-0.15, -0.1) is 5.10 Å². The summed E-state index contributed by atoms with van der Waals surface area (Å²) in [5.41, 5.74) is 8.45. The topological polar surface area (TPSA) is 69.6 Å². The Labute approximate surface area is 110 Å². The molecule has 2 heterocycles. The summed E-state index contributed by atoms with van der Waals surface area (Å²) in [6.07, 6.45) is 3.42. The minimum absolute atomic E-state index is 0.656. The van der Waals surface area contributed by atoms with E-state index in [4.69, 9.17) is 5.73 Å². The second kappa shape index (κ2) is 4.53. The Balaban J connectivity index is 1.97. The number of nitrogens with two attached hydrogens (primary N) is 1. The van der Waals surface area contributed by atoms with Gasteiger partial charge in [0.2, 0.25) is 0 Å². The second-order valence-electron chi connectivity index (χ2n) is 4.33. The van der Waals surface area contributed by atoms with Gasteiger partial charge in [-0.1, -0.05) is 0 Å². The lowest BCUT2D eigenvalue weighted by molar-refractivity contribution is 0.846. The summed E-state index contributed by atoms with van der Waals surface area (Å²) in [6, 6.07) is 11.4.